The van der Waals surface area contributed by atoms with Gasteiger partial charge in [-0.25, -0.2) is 4.79 Å². The first-order chi connectivity index (χ1) is 8.61. The van der Waals surface area contributed by atoms with Gasteiger partial charge < -0.3 is 21.7 Å². The summed E-state index contributed by atoms with van der Waals surface area (Å²) in [7, 11) is 1.85. The first kappa shape index (κ1) is 17.2. The Morgan fingerprint density at radius 2 is 1.63 bits per heavy atom. The van der Waals surface area contributed by atoms with Crippen LogP contribution in [0.4, 0.5) is 16.2 Å². The van der Waals surface area contributed by atoms with Crippen molar-refractivity contribution in [2.24, 2.45) is 5.73 Å². The number of hydrogen-bond acceptors (Lipinski definition) is 3. The molecule has 0 unspecified atom stereocenters. The Kier molecular flexibility index (Phi) is 8.32. The molecular weight excluding hydrogens is 268 g/mol. The third-order valence-corrected chi connectivity index (χ3v) is 2.27. The summed E-state index contributed by atoms with van der Waals surface area (Å²) in [6.45, 7) is 0.814. The van der Waals surface area contributed by atoms with Gasteiger partial charge in [0.25, 0.3) is 0 Å². The summed E-state index contributed by atoms with van der Waals surface area (Å²) >= 11 is 0. The van der Waals surface area contributed by atoms with Crippen LogP contribution in [0.3, 0.4) is 0 Å². The molecule has 0 radical (unpaired) electrons. The Labute approximate surface area is 118 Å². The maximum Gasteiger partial charge on any atom is 0.316 e. The number of primary amides is 1. The molecule has 0 saturated heterocycles. The minimum absolute atomic E-state index is 0. The van der Waals surface area contributed by atoms with Gasteiger partial charge in [-0.3, -0.25) is 4.79 Å². The summed E-state index contributed by atoms with van der Waals surface area (Å²) in [5.74, 6) is -0.0270. The molecule has 0 aliphatic heterocycles. The number of benzene rings is 1. The summed E-state index contributed by atoms with van der Waals surface area (Å²) in [5.41, 5.74) is 6.27. The van der Waals surface area contributed by atoms with Crippen LogP contribution in [0.25, 0.3) is 0 Å². The molecule has 0 aliphatic rings. The lowest BCUT2D eigenvalue weighted by Gasteiger charge is -2.06. The zero-order valence-corrected chi connectivity index (χ0v) is 11.5. The van der Waals surface area contributed by atoms with Gasteiger partial charge in [0.15, 0.2) is 0 Å². The Morgan fingerprint density at radius 3 is 2.11 bits per heavy atom. The first-order valence-electron chi connectivity index (χ1n) is 5.73. The van der Waals surface area contributed by atoms with Crippen molar-refractivity contribution in [1.29, 1.82) is 0 Å². The highest BCUT2D eigenvalue weighted by molar-refractivity contribution is 5.91. The zero-order chi connectivity index (χ0) is 13.4. The molecule has 3 amide bonds. The van der Waals surface area contributed by atoms with Crippen LogP contribution in [-0.2, 0) is 4.79 Å². The van der Waals surface area contributed by atoms with Gasteiger partial charge in [0.05, 0.1) is 0 Å². The highest BCUT2D eigenvalue weighted by atomic mass is 35.5. The van der Waals surface area contributed by atoms with Crippen molar-refractivity contribution < 1.29 is 9.59 Å². The molecule has 0 atom stereocenters. The van der Waals surface area contributed by atoms with Crippen molar-refractivity contribution >= 4 is 35.7 Å². The number of nitrogens with one attached hydrogen (secondary N) is 3. The normalized spacial score (nSPS) is 9.32. The van der Waals surface area contributed by atoms with Crippen molar-refractivity contribution in [3.05, 3.63) is 24.3 Å². The van der Waals surface area contributed by atoms with Crippen LogP contribution in [0, 0.1) is 0 Å². The van der Waals surface area contributed by atoms with E-state index in [0.717, 1.165) is 13.0 Å². The van der Waals surface area contributed by atoms with Crippen molar-refractivity contribution in [1.82, 2.24) is 5.32 Å². The maximum atomic E-state index is 11.5. The van der Waals surface area contributed by atoms with Gasteiger partial charge in [-0.15, -0.1) is 12.4 Å². The van der Waals surface area contributed by atoms with Gasteiger partial charge >= 0.3 is 6.03 Å². The number of halogens is 1. The Balaban J connectivity index is 0.00000324. The SMILES string of the molecule is CNCCCC(=O)Nc1ccc(NC(N)=O)cc1.Cl. The fourth-order valence-electron chi connectivity index (χ4n) is 1.43. The van der Waals surface area contributed by atoms with E-state index in [0.29, 0.717) is 17.8 Å². The van der Waals surface area contributed by atoms with E-state index >= 15 is 0 Å². The second kappa shape index (κ2) is 9.18. The number of amides is 3. The molecule has 106 valence electrons. The Hall–Kier alpha value is -1.79. The van der Waals surface area contributed by atoms with E-state index in [1.54, 1.807) is 24.3 Å². The lowest BCUT2D eigenvalue weighted by atomic mass is 10.2. The van der Waals surface area contributed by atoms with Crippen LogP contribution in [0.5, 0.6) is 0 Å². The highest BCUT2D eigenvalue weighted by Gasteiger charge is 2.02. The summed E-state index contributed by atoms with van der Waals surface area (Å²) in [4.78, 5) is 22.1. The summed E-state index contributed by atoms with van der Waals surface area (Å²) < 4.78 is 0. The molecule has 0 bridgehead atoms. The monoisotopic (exact) mass is 286 g/mol. The average molecular weight is 287 g/mol. The summed E-state index contributed by atoms with van der Waals surface area (Å²) in [5, 5.41) is 8.20. The lowest BCUT2D eigenvalue weighted by Crippen LogP contribution is -2.19. The number of rotatable bonds is 6. The van der Waals surface area contributed by atoms with E-state index in [4.69, 9.17) is 5.73 Å². The molecule has 0 fully saturated rings. The van der Waals surface area contributed by atoms with Gasteiger partial charge in [-0.2, -0.15) is 0 Å². The van der Waals surface area contributed by atoms with Gasteiger partial charge in [-0.1, -0.05) is 0 Å². The topological polar surface area (TPSA) is 96.2 Å². The van der Waals surface area contributed by atoms with Gasteiger partial charge in [0.1, 0.15) is 0 Å². The minimum Gasteiger partial charge on any atom is -0.351 e. The minimum atomic E-state index is -0.612. The second-order valence-electron chi connectivity index (χ2n) is 3.82. The molecule has 1 rings (SSSR count). The maximum absolute atomic E-state index is 11.5. The zero-order valence-electron chi connectivity index (χ0n) is 10.7. The lowest BCUT2D eigenvalue weighted by molar-refractivity contribution is -0.116. The molecule has 1 aromatic carbocycles. The standard InChI is InChI=1S/C12H18N4O2.ClH/c1-14-8-2-3-11(17)15-9-4-6-10(7-5-9)16-12(13)18;/h4-7,14H,2-3,8H2,1H3,(H,15,17)(H3,13,16,18);1H. The number of nitrogens with two attached hydrogens (primary N) is 1. The molecule has 19 heavy (non-hydrogen) atoms. The summed E-state index contributed by atoms with van der Waals surface area (Å²) in [6.07, 6.45) is 1.27. The number of carbonyl (C=O) groups excluding carboxylic acids is 2. The fourth-order valence-corrected chi connectivity index (χ4v) is 1.43. The van der Waals surface area contributed by atoms with E-state index in [1.165, 1.54) is 0 Å². The van der Waals surface area contributed by atoms with Gasteiger partial charge in [0.2, 0.25) is 5.91 Å². The van der Waals surface area contributed by atoms with E-state index in [2.05, 4.69) is 16.0 Å². The van der Waals surface area contributed by atoms with Crippen LogP contribution < -0.4 is 21.7 Å². The third-order valence-electron chi connectivity index (χ3n) is 2.27. The average Bonchev–Trinajstić information content (AvgIpc) is 2.31. The molecule has 1 aromatic rings. The molecule has 0 aromatic heterocycles. The van der Waals surface area contributed by atoms with Crippen LogP contribution in [-0.4, -0.2) is 25.5 Å². The third kappa shape index (κ3) is 7.28. The van der Waals surface area contributed by atoms with E-state index in [-0.39, 0.29) is 18.3 Å². The number of hydrogen-bond donors (Lipinski definition) is 4. The van der Waals surface area contributed by atoms with Crippen molar-refractivity contribution in [3.8, 4) is 0 Å². The van der Waals surface area contributed by atoms with E-state index < -0.39 is 6.03 Å². The van der Waals surface area contributed by atoms with Gasteiger partial charge in [-0.05, 0) is 44.3 Å². The number of carbonyl (C=O) groups is 2. The first-order valence-corrected chi connectivity index (χ1v) is 5.73. The van der Waals surface area contributed by atoms with Crippen molar-refractivity contribution in [2.45, 2.75) is 12.8 Å². The Bertz CT molecular complexity index is 409. The molecular formula is C12H19ClN4O2. The predicted octanol–water partition coefficient (Wildman–Crippen LogP) is 1.54. The summed E-state index contributed by atoms with van der Waals surface area (Å²) in [6, 6.07) is 6.16. The van der Waals surface area contributed by atoms with Gasteiger partial charge in [0, 0.05) is 17.8 Å². The van der Waals surface area contributed by atoms with Crippen LogP contribution in [0.1, 0.15) is 12.8 Å². The fraction of sp³-hybridized carbons (Fsp3) is 0.333. The largest absolute Gasteiger partial charge is 0.351 e. The molecule has 7 heteroatoms. The predicted molar refractivity (Wildman–Crippen MR) is 78.7 cm³/mol. The van der Waals surface area contributed by atoms with Crippen molar-refractivity contribution in [3.63, 3.8) is 0 Å². The molecule has 0 saturated carbocycles. The molecule has 0 heterocycles. The number of urea groups is 1. The van der Waals surface area contributed by atoms with Crippen molar-refractivity contribution in [2.75, 3.05) is 24.2 Å². The van der Waals surface area contributed by atoms with Crippen LogP contribution >= 0.6 is 12.4 Å². The van der Waals surface area contributed by atoms with E-state index in [1.807, 2.05) is 7.05 Å². The van der Waals surface area contributed by atoms with Crippen LogP contribution in [0.2, 0.25) is 0 Å². The molecule has 6 nitrogen and oxygen atoms in total. The second-order valence-corrected chi connectivity index (χ2v) is 3.82. The van der Waals surface area contributed by atoms with Crippen LogP contribution in [0.15, 0.2) is 24.3 Å². The highest BCUT2D eigenvalue weighted by Crippen LogP contribution is 2.13. The molecule has 0 spiro atoms. The molecule has 0 aliphatic carbocycles. The smallest absolute Gasteiger partial charge is 0.316 e. The Morgan fingerprint density at radius 1 is 1.11 bits per heavy atom. The number of anilines is 2. The molecule has 5 N–H and O–H groups in total. The quantitative estimate of drug-likeness (QED) is 0.597. The van der Waals surface area contributed by atoms with E-state index in [9.17, 15) is 9.59 Å².